The molecule has 0 fully saturated rings. The van der Waals surface area contributed by atoms with E-state index in [0.717, 1.165) is 22.6 Å². The second-order valence-electron chi connectivity index (χ2n) is 12.8. The van der Waals surface area contributed by atoms with Gasteiger partial charge in [0.05, 0.1) is 33.2 Å². The van der Waals surface area contributed by atoms with Crippen LogP contribution in [0.3, 0.4) is 0 Å². The molecule has 0 amide bonds. The normalized spacial score (nSPS) is 11.2. The van der Waals surface area contributed by atoms with E-state index in [2.05, 4.69) is 147 Å². The number of hydrogen-bond acceptors (Lipinski definition) is 0. The van der Waals surface area contributed by atoms with Crippen LogP contribution in [0, 0.1) is 6.92 Å². The van der Waals surface area contributed by atoms with Crippen molar-refractivity contribution in [1.82, 2.24) is 0 Å². The van der Waals surface area contributed by atoms with Gasteiger partial charge in [0.2, 0.25) is 0 Å². The molecule has 0 aliphatic rings. The summed E-state index contributed by atoms with van der Waals surface area (Å²) in [5.41, 5.74) is 9.77. The third-order valence-electron chi connectivity index (χ3n) is 7.41. The average molecular weight is 943 g/mol. The van der Waals surface area contributed by atoms with Crippen molar-refractivity contribution < 1.29 is 75.4 Å². The molecule has 0 N–H and O–H groups in total. The van der Waals surface area contributed by atoms with Crippen LogP contribution in [0.5, 0.6) is 0 Å². The molecule has 0 unspecified atom stereocenters. The molecule has 0 radical (unpaired) electrons. The maximum Gasteiger partial charge on any atom is 0.673 e. The van der Waals surface area contributed by atoms with Crippen LogP contribution in [0.1, 0.15) is 61.0 Å². The fourth-order valence-electron chi connectivity index (χ4n) is 5.91. The number of hydrogen-bond donors (Lipinski definition) is 0. The second kappa shape index (κ2) is 24.9. The maximum absolute atomic E-state index is 9.75. The molecule has 0 aromatic heterocycles. The zero-order chi connectivity index (χ0) is 37.5. The number of halogens is 8. The van der Waals surface area contributed by atoms with Gasteiger partial charge in [-0.1, -0.05) is 96.6 Å². The summed E-state index contributed by atoms with van der Waals surface area (Å²) in [4.78, 5) is 0. The molecule has 4 rings (SSSR count). The van der Waals surface area contributed by atoms with Gasteiger partial charge in [0.15, 0.2) is 0 Å². The minimum absolute atomic E-state index is 0. The van der Waals surface area contributed by atoms with E-state index in [-0.39, 0.29) is 40.8 Å². The Kier molecular flexibility index (Phi) is 25.2. The van der Waals surface area contributed by atoms with E-state index in [1.165, 1.54) is 27.8 Å². The minimum atomic E-state index is -6.00. The number of aryl methyl sites for hydroxylation is 1. The Balaban J connectivity index is 0. The molecule has 290 valence electrons. The van der Waals surface area contributed by atoms with E-state index in [1.807, 2.05) is 18.2 Å². The van der Waals surface area contributed by atoms with Crippen LogP contribution in [-0.4, -0.2) is 37.1 Å². The predicted molar refractivity (Wildman–Crippen MR) is 205 cm³/mol. The summed E-state index contributed by atoms with van der Waals surface area (Å²) >= 11 is 0. The quantitative estimate of drug-likeness (QED) is 0.0938. The van der Waals surface area contributed by atoms with Gasteiger partial charge in [0.25, 0.3) is 0 Å². The topological polar surface area (TPSA) is 0 Å². The van der Waals surface area contributed by atoms with Crippen LogP contribution in [0.2, 0.25) is 0 Å². The van der Waals surface area contributed by atoms with Crippen LogP contribution < -0.4 is 10.6 Å². The minimum Gasteiger partial charge on any atom is -0.418 e. The first-order chi connectivity index (χ1) is 22.6. The molecular formula is C37H50B2F8P2Pd2. The van der Waals surface area contributed by atoms with Crippen molar-refractivity contribution in [3.8, 4) is 22.3 Å². The molecule has 0 saturated heterocycles. The van der Waals surface area contributed by atoms with Crippen LogP contribution >= 0.6 is 15.8 Å². The van der Waals surface area contributed by atoms with Gasteiger partial charge in [-0.05, 0) is 85.6 Å². The first-order valence-corrected chi connectivity index (χ1v) is 19.7. The van der Waals surface area contributed by atoms with Crippen LogP contribution in [0.4, 0.5) is 34.5 Å². The smallest absolute Gasteiger partial charge is 0.418 e. The van der Waals surface area contributed by atoms with Crippen molar-refractivity contribution in [1.29, 1.82) is 0 Å². The van der Waals surface area contributed by atoms with E-state index in [4.69, 9.17) is 0 Å². The average Bonchev–Trinajstić information content (AvgIpc) is 2.96. The molecule has 0 aliphatic heterocycles. The SMILES string of the molecule is CC(C)[PH+](c1ccccc1-c1ccc(-c2ccccc2[PH+](C(C)C)C(C)C)cc1)C(C)C.Cc1ccccc1.F[B-](F)(F)F.F[B-](F)(F)F.[Pd].[Pd]. The fourth-order valence-corrected chi connectivity index (χ4v) is 12.7. The van der Waals surface area contributed by atoms with Crippen molar-refractivity contribution in [2.75, 3.05) is 0 Å². The summed E-state index contributed by atoms with van der Waals surface area (Å²) in [7, 11) is -13.3. The molecule has 4 aromatic carbocycles. The van der Waals surface area contributed by atoms with E-state index in [0.29, 0.717) is 0 Å². The zero-order valence-corrected chi connectivity index (χ0v) is 35.5. The Bertz CT molecular complexity index is 1380. The van der Waals surface area contributed by atoms with Crippen LogP contribution in [0.15, 0.2) is 103 Å². The molecule has 0 saturated carbocycles. The summed E-state index contributed by atoms with van der Waals surface area (Å²) in [5, 5.41) is 3.17. The molecule has 0 atom stereocenters. The molecule has 0 bridgehead atoms. The van der Waals surface area contributed by atoms with Crippen molar-refractivity contribution in [2.45, 2.75) is 84.9 Å². The van der Waals surface area contributed by atoms with Gasteiger partial charge in [-0.2, -0.15) is 0 Å². The second-order valence-corrected chi connectivity index (χ2v) is 20.4. The first-order valence-electron chi connectivity index (χ1n) is 16.4. The van der Waals surface area contributed by atoms with Gasteiger partial charge in [-0.3, -0.25) is 0 Å². The van der Waals surface area contributed by atoms with Gasteiger partial charge in [-0.15, -0.1) is 0 Å². The van der Waals surface area contributed by atoms with Crippen molar-refractivity contribution >= 4 is 41.0 Å². The predicted octanol–water partition coefficient (Wildman–Crippen LogP) is 12.9. The third-order valence-corrected chi connectivity index (χ3v) is 14.5. The number of rotatable bonds is 8. The maximum atomic E-state index is 9.75. The van der Waals surface area contributed by atoms with Crippen LogP contribution in [0.25, 0.3) is 22.3 Å². The largest absolute Gasteiger partial charge is 0.673 e. The third kappa shape index (κ3) is 21.2. The summed E-state index contributed by atoms with van der Waals surface area (Å²) in [6.07, 6.45) is 0. The van der Waals surface area contributed by atoms with E-state index in [1.54, 1.807) is 10.6 Å². The summed E-state index contributed by atoms with van der Waals surface area (Å²) in [6, 6.07) is 37.9. The van der Waals surface area contributed by atoms with Gasteiger partial charge < -0.3 is 34.5 Å². The van der Waals surface area contributed by atoms with Crippen molar-refractivity contribution in [3.63, 3.8) is 0 Å². The van der Waals surface area contributed by atoms with Gasteiger partial charge in [0.1, 0.15) is 0 Å². The molecule has 4 aromatic rings. The molecular weight excluding hydrogens is 893 g/mol. The Morgan fingerprint density at radius 2 is 0.627 bits per heavy atom. The monoisotopic (exact) mass is 942 g/mol. The van der Waals surface area contributed by atoms with E-state index in [9.17, 15) is 34.5 Å². The standard InChI is InChI=1S/C30H40P2.C7H8.2BF4.2Pd/c1-21(2)31(22(3)4)29-15-11-9-13-27(29)25-17-19-26(20-18-25)28-14-10-12-16-30(28)32(23(5)6)24(7)8;1-7-5-3-2-4-6-7;2*2-1(3,4)5;;/h9-24H,1-8H3;2-6H,1H3;;;;/q;;2*-1;;/p+2. The van der Waals surface area contributed by atoms with Gasteiger partial charge in [0, 0.05) is 67.8 Å². The Labute approximate surface area is 330 Å². The van der Waals surface area contributed by atoms with E-state index >= 15 is 0 Å². The molecule has 0 heterocycles. The zero-order valence-electron chi connectivity index (χ0n) is 30.4. The van der Waals surface area contributed by atoms with Gasteiger partial charge in [-0.25, -0.2) is 0 Å². The molecule has 0 aliphatic carbocycles. The summed E-state index contributed by atoms with van der Waals surface area (Å²) < 4.78 is 78.0. The Hall–Kier alpha value is -1.37. The van der Waals surface area contributed by atoms with Crippen molar-refractivity contribution in [3.05, 3.63) is 109 Å². The Morgan fingerprint density at radius 1 is 0.392 bits per heavy atom. The van der Waals surface area contributed by atoms with E-state index < -0.39 is 30.4 Å². The molecule has 51 heavy (non-hydrogen) atoms. The summed E-state index contributed by atoms with van der Waals surface area (Å²) in [5.74, 6) is 0. The first kappa shape index (κ1) is 51.7. The Morgan fingerprint density at radius 3 is 0.843 bits per heavy atom. The van der Waals surface area contributed by atoms with Crippen molar-refractivity contribution in [2.24, 2.45) is 0 Å². The fraction of sp³-hybridized carbons (Fsp3) is 0.351. The molecule has 0 nitrogen and oxygen atoms in total. The molecule has 0 spiro atoms. The van der Waals surface area contributed by atoms with Gasteiger partial charge >= 0.3 is 14.5 Å². The number of benzene rings is 4. The van der Waals surface area contributed by atoms with Crippen LogP contribution in [-0.2, 0) is 40.8 Å². The molecule has 14 heteroatoms. The summed E-state index contributed by atoms with van der Waals surface area (Å²) in [6.45, 7) is 21.3.